The van der Waals surface area contributed by atoms with E-state index in [-0.39, 0.29) is 6.42 Å². The molecule has 1 heterocycles. The van der Waals surface area contributed by atoms with Crippen molar-refractivity contribution in [2.45, 2.75) is 19.8 Å². The van der Waals surface area contributed by atoms with Crippen LogP contribution in [-0.4, -0.2) is 20.6 Å². The zero-order valence-corrected chi connectivity index (χ0v) is 10.7. The van der Waals surface area contributed by atoms with Gasteiger partial charge in [-0.3, -0.25) is 4.79 Å². The maximum Gasteiger partial charge on any atom is 0.303 e. The van der Waals surface area contributed by atoms with Crippen molar-refractivity contribution in [2.75, 3.05) is 0 Å². The van der Waals surface area contributed by atoms with E-state index in [0.29, 0.717) is 11.4 Å². The predicted octanol–water partition coefficient (Wildman–Crippen LogP) is 2.85. The number of benzene rings is 1. The van der Waals surface area contributed by atoms with E-state index in [1.807, 2.05) is 35.9 Å². The Hall–Kier alpha value is -1.81. The van der Waals surface area contributed by atoms with E-state index in [2.05, 4.69) is 4.98 Å². The highest BCUT2D eigenvalue weighted by molar-refractivity contribution is 6.31. The average molecular weight is 265 g/mol. The monoisotopic (exact) mass is 264 g/mol. The summed E-state index contributed by atoms with van der Waals surface area (Å²) < 4.78 is 1.84. The molecule has 2 aromatic rings. The topological polar surface area (TPSA) is 55.1 Å². The lowest BCUT2D eigenvalue weighted by molar-refractivity contribution is -0.136. The molecule has 18 heavy (non-hydrogen) atoms. The van der Waals surface area contributed by atoms with Crippen molar-refractivity contribution in [2.24, 2.45) is 0 Å². The molecule has 94 valence electrons. The lowest BCUT2D eigenvalue weighted by Crippen LogP contribution is -1.97. The summed E-state index contributed by atoms with van der Waals surface area (Å²) in [6, 6.07) is 5.75. The van der Waals surface area contributed by atoms with E-state index >= 15 is 0 Å². The first kappa shape index (κ1) is 12.6. The summed E-state index contributed by atoms with van der Waals surface area (Å²) in [5, 5.41) is 9.32. The molecular weight excluding hydrogens is 252 g/mol. The second-order valence-corrected chi connectivity index (χ2v) is 4.51. The molecule has 5 heteroatoms. The van der Waals surface area contributed by atoms with Crippen LogP contribution >= 0.6 is 11.6 Å². The maximum absolute atomic E-state index is 10.5. The maximum atomic E-state index is 10.5. The largest absolute Gasteiger partial charge is 0.481 e. The van der Waals surface area contributed by atoms with Crippen LogP contribution in [0.4, 0.5) is 0 Å². The Kier molecular flexibility index (Phi) is 3.67. The molecule has 0 aliphatic carbocycles. The molecule has 0 radical (unpaired) electrons. The highest BCUT2D eigenvalue weighted by Gasteiger charge is 2.05. The fourth-order valence-electron chi connectivity index (χ4n) is 1.61. The highest BCUT2D eigenvalue weighted by atomic mass is 35.5. The van der Waals surface area contributed by atoms with Gasteiger partial charge in [-0.05, 0) is 24.6 Å². The fourth-order valence-corrected chi connectivity index (χ4v) is 1.79. The molecule has 0 unspecified atom stereocenters. The minimum atomic E-state index is -0.817. The Morgan fingerprint density at radius 3 is 2.94 bits per heavy atom. The van der Waals surface area contributed by atoms with Gasteiger partial charge in [-0.25, -0.2) is 4.98 Å². The molecule has 1 aromatic carbocycles. The van der Waals surface area contributed by atoms with Crippen LogP contribution in [-0.2, 0) is 11.2 Å². The number of hydrogen-bond donors (Lipinski definition) is 1. The molecule has 0 bridgehead atoms. The van der Waals surface area contributed by atoms with E-state index in [4.69, 9.17) is 16.7 Å². The van der Waals surface area contributed by atoms with Crippen LogP contribution in [0.5, 0.6) is 0 Å². The van der Waals surface area contributed by atoms with Crippen molar-refractivity contribution in [3.05, 3.63) is 47.0 Å². The third-order valence-electron chi connectivity index (χ3n) is 2.68. The number of carboxylic acid groups (broad SMARTS) is 1. The van der Waals surface area contributed by atoms with Gasteiger partial charge in [0.2, 0.25) is 0 Å². The third-order valence-corrected chi connectivity index (χ3v) is 3.09. The number of nitrogens with zero attached hydrogens (tertiary/aromatic N) is 2. The summed E-state index contributed by atoms with van der Waals surface area (Å²) in [6.45, 7) is 1.94. The second-order valence-electron chi connectivity index (χ2n) is 4.10. The summed E-state index contributed by atoms with van der Waals surface area (Å²) >= 11 is 6.06. The first-order chi connectivity index (χ1) is 8.56. The number of aryl methyl sites for hydroxylation is 2. The number of rotatable bonds is 4. The first-order valence-electron chi connectivity index (χ1n) is 5.57. The van der Waals surface area contributed by atoms with Gasteiger partial charge in [0.25, 0.3) is 0 Å². The molecule has 0 aliphatic heterocycles. The minimum absolute atomic E-state index is 0.0890. The fraction of sp³-hybridized carbons (Fsp3) is 0.231. The Labute approximate surface area is 110 Å². The van der Waals surface area contributed by atoms with Crippen LogP contribution in [0, 0.1) is 6.92 Å². The van der Waals surface area contributed by atoms with Crippen LogP contribution in [0.1, 0.15) is 17.7 Å². The number of aromatic nitrogens is 2. The second kappa shape index (κ2) is 5.23. The molecule has 0 aliphatic rings. The van der Waals surface area contributed by atoms with E-state index in [1.165, 1.54) is 0 Å². The Bertz CT molecular complexity index is 578. The molecule has 0 fully saturated rings. The van der Waals surface area contributed by atoms with Crippen molar-refractivity contribution < 1.29 is 9.90 Å². The molecule has 1 N–H and O–H groups in total. The van der Waals surface area contributed by atoms with Crippen molar-refractivity contribution in [3.8, 4) is 5.69 Å². The normalized spacial score (nSPS) is 10.6. The SMILES string of the molecule is Cc1ccc(-n2cnc(CCC(=O)O)c2)cc1Cl. The zero-order valence-electron chi connectivity index (χ0n) is 9.93. The number of imidazole rings is 1. The van der Waals surface area contributed by atoms with Crippen LogP contribution in [0.25, 0.3) is 5.69 Å². The summed E-state index contributed by atoms with van der Waals surface area (Å²) in [5.74, 6) is -0.817. The predicted molar refractivity (Wildman–Crippen MR) is 69.3 cm³/mol. The van der Waals surface area contributed by atoms with Gasteiger partial charge in [0.15, 0.2) is 0 Å². The molecule has 0 saturated heterocycles. The molecule has 0 saturated carbocycles. The molecule has 4 nitrogen and oxygen atoms in total. The zero-order chi connectivity index (χ0) is 13.1. The Balaban J connectivity index is 2.18. The Morgan fingerprint density at radius 1 is 1.50 bits per heavy atom. The van der Waals surface area contributed by atoms with Crippen LogP contribution in [0.15, 0.2) is 30.7 Å². The molecule has 0 amide bonds. The van der Waals surface area contributed by atoms with Crippen molar-refractivity contribution in [3.63, 3.8) is 0 Å². The molecular formula is C13H13ClN2O2. The molecule has 1 aromatic heterocycles. The van der Waals surface area contributed by atoms with Crippen molar-refractivity contribution in [1.29, 1.82) is 0 Å². The van der Waals surface area contributed by atoms with E-state index in [9.17, 15) is 4.79 Å². The van der Waals surface area contributed by atoms with Crippen LogP contribution < -0.4 is 0 Å². The average Bonchev–Trinajstić information content (AvgIpc) is 2.79. The van der Waals surface area contributed by atoms with Crippen LogP contribution in [0.2, 0.25) is 5.02 Å². The van der Waals surface area contributed by atoms with E-state index < -0.39 is 5.97 Å². The van der Waals surface area contributed by atoms with Crippen LogP contribution in [0.3, 0.4) is 0 Å². The third kappa shape index (κ3) is 2.90. The van der Waals surface area contributed by atoms with Crippen molar-refractivity contribution in [1.82, 2.24) is 9.55 Å². The van der Waals surface area contributed by atoms with Gasteiger partial charge in [0.05, 0.1) is 18.4 Å². The van der Waals surface area contributed by atoms with E-state index in [0.717, 1.165) is 16.9 Å². The summed E-state index contributed by atoms with van der Waals surface area (Å²) in [7, 11) is 0. The van der Waals surface area contributed by atoms with Gasteiger partial charge in [-0.15, -0.1) is 0 Å². The summed E-state index contributed by atoms with van der Waals surface area (Å²) in [5.41, 5.74) is 2.69. The van der Waals surface area contributed by atoms with E-state index in [1.54, 1.807) is 6.33 Å². The van der Waals surface area contributed by atoms with Gasteiger partial charge in [0.1, 0.15) is 0 Å². The first-order valence-corrected chi connectivity index (χ1v) is 5.95. The number of carboxylic acids is 1. The standard InChI is InChI=1S/C13H13ClN2O2/c1-9-2-4-11(6-12(9)14)16-7-10(15-8-16)3-5-13(17)18/h2,4,6-8H,3,5H2,1H3,(H,17,18). The Morgan fingerprint density at radius 2 is 2.28 bits per heavy atom. The lowest BCUT2D eigenvalue weighted by Gasteiger charge is -2.04. The highest BCUT2D eigenvalue weighted by Crippen LogP contribution is 2.19. The smallest absolute Gasteiger partial charge is 0.303 e. The number of carbonyl (C=O) groups is 1. The summed E-state index contributed by atoms with van der Waals surface area (Å²) in [4.78, 5) is 14.7. The molecule has 0 atom stereocenters. The lowest BCUT2D eigenvalue weighted by atomic mass is 10.2. The van der Waals surface area contributed by atoms with Gasteiger partial charge >= 0.3 is 5.97 Å². The molecule has 0 spiro atoms. The van der Waals surface area contributed by atoms with Crippen molar-refractivity contribution >= 4 is 17.6 Å². The quantitative estimate of drug-likeness (QED) is 0.924. The van der Waals surface area contributed by atoms with Gasteiger partial charge < -0.3 is 9.67 Å². The number of hydrogen-bond acceptors (Lipinski definition) is 2. The summed E-state index contributed by atoms with van der Waals surface area (Å²) in [6.07, 6.45) is 4.01. The van der Waals surface area contributed by atoms with Gasteiger partial charge in [-0.1, -0.05) is 17.7 Å². The number of halogens is 1. The minimum Gasteiger partial charge on any atom is -0.481 e. The van der Waals surface area contributed by atoms with Gasteiger partial charge in [0, 0.05) is 23.3 Å². The number of aliphatic carboxylic acids is 1. The molecule has 2 rings (SSSR count). The van der Waals surface area contributed by atoms with Gasteiger partial charge in [-0.2, -0.15) is 0 Å².